The fourth-order valence-corrected chi connectivity index (χ4v) is 2.86. The van der Waals surface area contributed by atoms with E-state index < -0.39 is 6.10 Å². The van der Waals surface area contributed by atoms with E-state index in [0.717, 1.165) is 17.1 Å². The van der Waals surface area contributed by atoms with Gasteiger partial charge in [-0.15, -0.1) is 11.3 Å². The van der Waals surface area contributed by atoms with Crippen molar-refractivity contribution in [3.05, 3.63) is 23.5 Å². The number of aromatic nitrogens is 2. The zero-order valence-corrected chi connectivity index (χ0v) is 12.2. The average Bonchev–Trinajstić information content (AvgIpc) is 2.87. The first kappa shape index (κ1) is 13.5. The number of likely N-dealkylation sites (N-methyl/N-ethyl adjacent to an activating group) is 1. The molecule has 0 aliphatic carbocycles. The predicted octanol–water partition coefficient (Wildman–Crippen LogP) is 2.03. The molecule has 5 heteroatoms. The van der Waals surface area contributed by atoms with Gasteiger partial charge in [0.05, 0.1) is 11.8 Å². The molecule has 18 heavy (non-hydrogen) atoms. The molecule has 0 bridgehead atoms. The molecule has 0 aliphatic rings. The Labute approximate surface area is 112 Å². The number of hydrogen-bond donors (Lipinski definition) is 1. The molecule has 0 fully saturated rings. The van der Waals surface area contributed by atoms with Crippen LogP contribution in [0.1, 0.15) is 26.0 Å². The molecule has 0 saturated heterocycles. The van der Waals surface area contributed by atoms with Gasteiger partial charge in [0.2, 0.25) is 0 Å². The lowest BCUT2D eigenvalue weighted by Gasteiger charge is -2.39. The summed E-state index contributed by atoms with van der Waals surface area (Å²) in [6.45, 7) is 4.20. The van der Waals surface area contributed by atoms with Gasteiger partial charge < -0.3 is 10.0 Å². The minimum atomic E-state index is -0.415. The molecule has 2 aromatic rings. The lowest BCUT2D eigenvalue weighted by molar-refractivity contribution is 0.00254. The molecule has 2 aromatic heterocycles. The summed E-state index contributed by atoms with van der Waals surface area (Å²) in [6, 6.07) is 0. The van der Waals surface area contributed by atoms with Gasteiger partial charge in [-0.2, -0.15) is 0 Å². The molecule has 2 heterocycles. The zero-order chi connectivity index (χ0) is 13.3. The highest BCUT2D eigenvalue weighted by molar-refractivity contribution is 7.15. The van der Waals surface area contributed by atoms with E-state index in [1.807, 2.05) is 36.3 Å². The van der Waals surface area contributed by atoms with Crippen LogP contribution < -0.4 is 0 Å². The zero-order valence-electron chi connectivity index (χ0n) is 11.4. The van der Waals surface area contributed by atoms with Crippen molar-refractivity contribution in [3.63, 3.8) is 0 Å². The second-order valence-corrected chi connectivity index (χ2v) is 6.02. The van der Waals surface area contributed by atoms with Crippen LogP contribution in [0.5, 0.6) is 0 Å². The predicted molar refractivity (Wildman–Crippen MR) is 75.2 cm³/mol. The Bertz CT molecular complexity index is 491. The molecule has 0 radical (unpaired) electrons. The first-order chi connectivity index (χ1) is 8.47. The third-order valence-corrected chi connectivity index (χ3v) is 4.77. The third-order valence-electron chi connectivity index (χ3n) is 4.00. The molecular weight excluding hydrogens is 246 g/mol. The van der Waals surface area contributed by atoms with Crippen LogP contribution in [-0.2, 0) is 6.42 Å². The third kappa shape index (κ3) is 2.30. The van der Waals surface area contributed by atoms with Crippen molar-refractivity contribution in [2.75, 3.05) is 14.1 Å². The topological polar surface area (TPSA) is 40.8 Å². The van der Waals surface area contributed by atoms with E-state index >= 15 is 0 Å². The summed E-state index contributed by atoms with van der Waals surface area (Å²) >= 11 is 1.61. The van der Waals surface area contributed by atoms with E-state index in [2.05, 4.69) is 23.7 Å². The van der Waals surface area contributed by atoms with E-state index in [0.29, 0.717) is 6.42 Å². The summed E-state index contributed by atoms with van der Waals surface area (Å²) in [6.07, 6.45) is 5.08. The van der Waals surface area contributed by atoms with Crippen molar-refractivity contribution in [1.82, 2.24) is 14.3 Å². The van der Waals surface area contributed by atoms with Gasteiger partial charge in [-0.05, 0) is 27.4 Å². The summed E-state index contributed by atoms with van der Waals surface area (Å²) in [5.74, 6) is 0. The Hall–Kier alpha value is -0.910. The second-order valence-electron chi connectivity index (χ2n) is 5.15. The molecule has 4 nitrogen and oxygen atoms in total. The van der Waals surface area contributed by atoms with Crippen LogP contribution in [0, 0.1) is 0 Å². The first-order valence-electron chi connectivity index (χ1n) is 6.24. The fraction of sp³-hybridized carbons (Fsp3) is 0.615. The number of nitrogens with zero attached hydrogens (tertiary/aromatic N) is 3. The van der Waals surface area contributed by atoms with Gasteiger partial charge in [-0.25, -0.2) is 4.98 Å². The van der Waals surface area contributed by atoms with Crippen molar-refractivity contribution in [2.24, 2.45) is 0 Å². The van der Waals surface area contributed by atoms with E-state index in [4.69, 9.17) is 0 Å². The van der Waals surface area contributed by atoms with Crippen LogP contribution in [0.2, 0.25) is 0 Å². The molecule has 2 rings (SSSR count). The second kappa shape index (κ2) is 4.99. The Balaban J connectivity index is 2.15. The van der Waals surface area contributed by atoms with E-state index in [-0.39, 0.29) is 5.54 Å². The van der Waals surface area contributed by atoms with Crippen molar-refractivity contribution >= 4 is 16.3 Å². The number of fused-ring (bicyclic) bond motifs is 1. The molecule has 0 amide bonds. The van der Waals surface area contributed by atoms with Crippen LogP contribution in [-0.4, -0.2) is 45.1 Å². The Kier molecular flexibility index (Phi) is 3.75. The van der Waals surface area contributed by atoms with E-state index in [1.165, 1.54) is 0 Å². The minimum absolute atomic E-state index is 0.211. The van der Waals surface area contributed by atoms with Crippen LogP contribution in [0.15, 0.2) is 17.8 Å². The van der Waals surface area contributed by atoms with Crippen molar-refractivity contribution in [1.29, 1.82) is 0 Å². The smallest absolute Gasteiger partial charge is 0.193 e. The Morgan fingerprint density at radius 1 is 1.56 bits per heavy atom. The lowest BCUT2D eigenvalue weighted by Crippen LogP contribution is -2.51. The molecule has 0 aliphatic heterocycles. The largest absolute Gasteiger partial charge is 0.391 e. The maximum Gasteiger partial charge on any atom is 0.193 e. The van der Waals surface area contributed by atoms with Gasteiger partial charge in [0, 0.05) is 29.7 Å². The quantitative estimate of drug-likeness (QED) is 0.901. The summed E-state index contributed by atoms with van der Waals surface area (Å²) < 4.78 is 2.01. The molecule has 2 atom stereocenters. The standard InChI is InChI=1S/C13H21N3OS/c1-5-13(2,15(3)4)11(17)8-10-9-16-6-7-18-12(16)14-10/h6-7,9,11,17H,5,8H2,1-4H3. The van der Waals surface area contributed by atoms with Gasteiger partial charge in [0.25, 0.3) is 0 Å². The van der Waals surface area contributed by atoms with Gasteiger partial charge >= 0.3 is 0 Å². The minimum Gasteiger partial charge on any atom is -0.391 e. The summed E-state index contributed by atoms with van der Waals surface area (Å²) in [7, 11) is 4.02. The van der Waals surface area contributed by atoms with Crippen LogP contribution in [0.4, 0.5) is 0 Å². The molecular formula is C13H21N3OS. The average molecular weight is 267 g/mol. The van der Waals surface area contributed by atoms with E-state index in [1.54, 1.807) is 11.3 Å². The van der Waals surface area contributed by atoms with Gasteiger partial charge in [-0.1, -0.05) is 6.92 Å². The number of aliphatic hydroxyl groups is 1. The number of hydrogen-bond acceptors (Lipinski definition) is 4. The molecule has 0 spiro atoms. The van der Waals surface area contributed by atoms with Crippen molar-refractivity contribution < 1.29 is 5.11 Å². The van der Waals surface area contributed by atoms with Gasteiger partial charge in [0.1, 0.15) is 0 Å². The van der Waals surface area contributed by atoms with Crippen LogP contribution >= 0.6 is 11.3 Å². The lowest BCUT2D eigenvalue weighted by atomic mass is 9.87. The van der Waals surface area contributed by atoms with E-state index in [9.17, 15) is 5.11 Å². The monoisotopic (exact) mass is 267 g/mol. The number of imidazole rings is 1. The molecule has 100 valence electrons. The number of thiazole rings is 1. The molecule has 0 aromatic carbocycles. The van der Waals surface area contributed by atoms with Crippen LogP contribution in [0.25, 0.3) is 4.96 Å². The maximum atomic E-state index is 10.5. The van der Waals surface area contributed by atoms with Gasteiger partial charge in [-0.3, -0.25) is 4.40 Å². The molecule has 0 saturated carbocycles. The molecule has 1 N–H and O–H groups in total. The molecule has 2 unspecified atom stereocenters. The highest BCUT2D eigenvalue weighted by Crippen LogP contribution is 2.24. The summed E-state index contributed by atoms with van der Waals surface area (Å²) in [4.78, 5) is 7.60. The summed E-state index contributed by atoms with van der Waals surface area (Å²) in [5.41, 5.74) is 0.743. The van der Waals surface area contributed by atoms with Crippen molar-refractivity contribution in [3.8, 4) is 0 Å². The number of aliphatic hydroxyl groups excluding tert-OH is 1. The highest BCUT2D eigenvalue weighted by atomic mass is 32.1. The van der Waals surface area contributed by atoms with Crippen LogP contribution in [0.3, 0.4) is 0 Å². The van der Waals surface area contributed by atoms with Gasteiger partial charge in [0.15, 0.2) is 4.96 Å². The number of rotatable bonds is 5. The SMILES string of the molecule is CCC(C)(C(O)Cc1cn2ccsc2n1)N(C)C. The Morgan fingerprint density at radius 2 is 2.28 bits per heavy atom. The first-order valence-corrected chi connectivity index (χ1v) is 7.12. The maximum absolute atomic E-state index is 10.5. The fourth-order valence-electron chi connectivity index (χ4n) is 2.14. The Morgan fingerprint density at radius 3 is 2.83 bits per heavy atom. The summed E-state index contributed by atoms with van der Waals surface area (Å²) in [5, 5.41) is 12.5. The normalized spacial score (nSPS) is 17.2. The highest BCUT2D eigenvalue weighted by Gasteiger charge is 2.33. The van der Waals surface area contributed by atoms with Crippen molar-refractivity contribution in [2.45, 2.75) is 38.3 Å².